The zero-order valence-electron chi connectivity index (χ0n) is 14.1. The first-order chi connectivity index (χ1) is 12.0. The molecule has 0 aliphatic heterocycles. The summed E-state index contributed by atoms with van der Waals surface area (Å²) in [5.41, 5.74) is 2.93. The predicted octanol–water partition coefficient (Wildman–Crippen LogP) is 5.02. The topological polar surface area (TPSA) is 72.2 Å². The maximum Gasteiger partial charge on any atom is 0.276 e. The Balaban J connectivity index is 2.27. The van der Waals surface area contributed by atoms with Gasteiger partial charge in [-0.25, -0.2) is 0 Å². The van der Waals surface area contributed by atoms with Crippen molar-refractivity contribution in [1.82, 2.24) is 0 Å². The lowest BCUT2D eigenvalue weighted by molar-refractivity contribution is -0.385. The van der Waals surface area contributed by atoms with Crippen molar-refractivity contribution in [1.29, 1.82) is 0 Å². The molecular formula is C19H19ClN2O3. The van der Waals surface area contributed by atoms with Gasteiger partial charge in [-0.3, -0.25) is 14.9 Å². The van der Waals surface area contributed by atoms with Crippen molar-refractivity contribution in [3.8, 4) is 0 Å². The summed E-state index contributed by atoms with van der Waals surface area (Å²) in [4.78, 5) is 22.8. The van der Waals surface area contributed by atoms with Crippen LogP contribution in [0.25, 0.3) is 6.08 Å². The normalized spacial score (nSPS) is 10.8. The van der Waals surface area contributed by atoms with Crippen molar-refractivity contribution in [2.24, 2.45) is 0 Å². The molecule has 2 aromatic carbocycles. The van der Waals surface area contributed by atoms with E-state index >= 15 is 0 Å². The van der Waals surface area contributed by atoms with Crippen LogP contribution in [0.4, 0.5) is 11.4 Å². The van der Waals surface area contributed by atoms with E-state index in [1.807, 2.05) is 26.0 Å². The van der Waals surface area contributed by atoms with Gasteiger partial charge in [0.15, 0.2) is 0 Å². The van der Waals surface area contributed by atoms with Crippen LogP contribution in [0.3, 0.4) is 0 Å². The molecule has 2 rings (SSSR count). The standard InChI is InChI=1S/C19H19ClN2O3/c1-3-13-9-11-16(20)15(4-2)19(13)21-18(23)12-10-14-7-5-6-8-17(14)22(24)25/h5-12H,3-4H2,1-2H3,(H,21,23)/b12-10+. The number of aryl methyl sites for hydroxylation is 1. The predicted molar refractivity (Wildman–Crippen MR) is 101 cm³/mol. The zero-order chi connectivity index (χ0) is 18.4. The van der Waals surface area contributed by atoms with Crippen LogP contribution in [0, 0.1) is 10.1 Å². The summed E-state index contributed by atoms with van der Waals surface area (Å²) in [7, 11) is 0. The van der Waals surface area contributed by atoms with Gasteiger partial charge in [0.1, 0.15) is 0 Å². The lowest BCUT2D eigenvalue weighted by Gasteiger charge is -2.15. The minimum atomic E-state index is -0.473. The van der Waals surface area contributed by atoms with Crippen LogP contribution < -0.4 is 5.32 Å². The molecule has 25 heavy (non-hydrogen) atoms. The summed E-state index contributed by atoms with van der Waals surface area (Å²) in [6, 6.07) is 9.99. The number of carbonyl (C=O) groups is 1. The second kappa shape index (κ2) is 8.44. The van der Waals surface area contributed by atoms with E-state index in [0.717, 1.165) is 23.2 Å². The third-order valence-electron chi connectivity index (χ3n) is 3.87. The number of amides is 1. The van der Waals surface area contributed by atoms with Crippen molar-refractivity contribution in [3.63, 3.8) is 0 Å². The highest BCUT2D eigenvalue weighted by Crippen LogP contribution is 2.29. The molecule has 0 saturated carbocycles. The van der Waals surface area contributed by atoms with Crippen molar-refractivity contribution >= 4 is 35.0 Å². The highest BCUT2D eigenvalue weighted by atomic mass is 35.5. The lowest BCUT2D eigenvalue weighted by atomic mass is 10.0. The van der Waals surface area contributed by atoms with E-state index < -0.39 is 4.92 Å². The second-order valence-electron chi connectivity index (χ2n) is 5.41. The summed E-state index contributed by atoms with van der Waals surface area (Å²) in [5.74, 6) is -0.357. The van der Waals surface area contributed by atoms with Crippen LogP contribution in [0.2, 0.25) is 5.02 Å². The smallest absolute Gasteiger partial charge is 0.276 e. The number of carbonyl (C=O) groups excluding carboxylic acids is 1. The first-order valence-corrected chi connectivity index (χ1v) is 8.38. The van der Waals surface area contributed by atoms with Gasteiger partial charge < -0.3 is 5.32 Å². The van der Waals surface area contributed by atoms with Crippen LogP contribution in [-0.2, 0) is 17.6 Å². The van der Waals surface area contributed by atoms with Crippen molar-refractivity contribution in [2.45, 2.75) is 26.7 Å². The van der Waals surface area contributed by atoms with Crippen molar-refractivity contribution < 1.29 is 9.72 Å². The number of nitro groups is 1. The van der Waals surface area contributed by atoms with Gasteiger partial charge in [-0.2, -0.15) is 0 Å². The van der Waals surface area contributed by atoms with Crippen molar-refractivity contribution in [3.05, 3.63) is 74.3 Å². The number of rotatable bonds is 6. The van der Waals surface area contributed by atoms with Gasteiger partial charge >= 0.3 is 0 Å². The molecule has 0 aliphatic carbocycles. The second-order valence-corrected chi connectivity index (χ2v) is 5.81. The Bertz CT molecular complexity index is 831. The number of anilines is 1. The average molecular weight is 359 g/mol. The summed E-state index contributed by atoms with van der Waals surface area (Å²) in [6.07, 6.45) is 4.18. The van der Waals surface area contributed by atoms with Crippen LogP contribution in [-0.4, -0.2) is 10.8 Å². The number of halogens is 1. The fourth-order valence-corrected chi connectivity index (χ4v) is 2.88. The van der Waals surface area contributed by atoms with Gasteiger partial charge in [0.25, 0.3) is 5.69 Å². The minimum absolute atomic E-state index is 0.0437. The maximum atomic E-state index is 12.3. The molecule has 2 aromatic rings. The molecule has 1 N–H and O–H groups in total. The Morgan fingerprint density at radius 1 is 1.20 bits per heavy atom. The molecule has 130 valence electrons. The number of nitrogens with one attached hydrogen (secondary N) is 1. The molecule has 1 amide bonds. The molecule has 0 radical (unpaired) electrons. The molecule has 0 unspecified atom stereocenters. The number of nitrogens with zero attached hydrogens (tertiary/aromatic N) is 1. The fourth-order valence-electron chi connectivity index (χ4n) is 2.59. The molecule has 0 bridgehead atoms. The van der Waals surface area contributed by atoms with Gasteiger partial charge in [-0.1, -0.05) is 43.6 Å². The Hall–Kier alpha value is -2.66. The molecule has 5 nitrogen and oxygen atoms in total. The molecule has 0 saturated heterocycles. The van der Waals surface area contributed by atoms with Gasteiger partial charge in [-0.05, 0) is 42.2 Å². The Morgan fingerprint density at radius 3 is 2.56 bits per heavy atom. The third-order valence-corrected chi connectivity index (χ3v) is 4.23. The fraction of sp³-hybridized carbons (Fsp3) is 0.211. The average Bonchev–Trinajstić information content (AvgIpc) is 2.60. The monoisotopic (exact) mass is 358 g/mol. The Morgan fingerprint density at radius 2 is 1.92 bits per heavy atom. The Labute approximate surface area is 151 Å². The van der Waals surface area contributed by atoms with E-state index in [2.05, 4.69) is 5.32 Å². The van der Waals surface area contributed by atoms with Crippen LogP contribution in [0.15, 0.2) is 42.5 Å². The molecule has 0 aromatic heterocycles. The first-order valence-electron chi connectivity index (χ1n) is 8.00. The first kappa shape index (κ1) is 18.7. The summed E-state index contributed by atoms with van der Waals surface area (Å²) < 4.78 is 0. The van der Waals surface area contributed by atoms with Crippen LogP contribution >= 0.6 is 11.6 Å². The number of para-hydroxylation sites is 1. The highest BCUT2D eigenvalue weighted by molar-refractivity contribution is 6.32. The highest BCUT2D eigenvalue weighted by Gasteiger charge is 2.13. The van der Waals surface area contributed by atoms with Crippen LogP contribution in [0.1, 0.15) is 30.5 Å². The SMILES string of the molecule is CCc1ccc(Cl)c(CC)c1NC(=O)/C=C/c1ccccc1[N+](=O)[O-]. The van der Waals surface area contributed by atoms with Crippen molar-refractivity contribution in [2.75, 3.05) is 5.32 Å². The minimum Gasteiger partial charge on any atom is -0.322 e. The molecular weight excluding hydrogens is 340 g/mol. The number of hydrogen-bond donors (Lipinski definition) is 1. The Kier molecular flexibility index (Phi) is 6.31. The van der Waals surface area contributed by atoms with E-state index in [4.69, 9.17) is 11.6 Å². The quantitative estimate of drug-likeness (QED) is 0.447. The number of nitro benzene ring substituents is 1. The zero-order valence-corrected chi connectivity index (χ0v) is 14.8. The number of benzene rings is 2. The van der Waals surface area contributed by atoms with Gasteiger partial charge in [0.05, 0.1) is 10.5 Å². The van der Waals surface area contributed by atoms with E-state index in [9.17, 15) is 14.9 Å². The molecule has 0 aliphatic rings. The van der Waals surface area contributed by atoms with Gasteiger partial charge in [0, 0.05) is 22.9 Å². The molecule has 0 spiro atoms. The van der Waals surface area contributed by atoms with Gasteiger partial charge in [-0.15, -0.1) is 0 Å². The van der Waals surface area contributed by atoms with E-state index in [-0.39, 0.29) is 11.6 Å². The lowest BCUT2D eigenvalue weighted by Crippen LogP contribution is -2.12. The maximum absolute atomic E-state index is 12.3. The third kappa shape index (κ3) is 4.45. The van der Waals surface area contributed by atoms with E-state index in [1.54, 1.807) is 18.2 Å². The summed E-state index contributed by atoms with van der Waals surface area (Å²) in [6.45, 7) is 3.97. The molecule has 6 heteroatoms. The largest absolute Gasteiger partial charge is 0.322 e. The van der Waals surface area contributed by atoms with E-state index in [1.165, 1.54) is 18.2 Å². The molecule has 0 atom stereocenters. The number of hydrogen-bond acceptors (Lipinski definition) is 3. The summed E-state index contributed by atoms with van der Waals surface area (Å²) in [5, 5.41) is 14.5. The van der Waals surface area contributed by atoms with Gasteiger partial charge in [0.2, 0.25) is 5.91 Å². The summed E-state index contributed by atoms with van der Waals surface area (Å²) >= 11 is 6.23. The van der Waals surface area contributed by atoms with Crippen LogP contribution in [0.5, 0.6) is 0 Å². The molecule has 0 fully saturated rings. The molecule has 0 heterocycles. The van der Waals surface area contributed by atoms with E-state index in [0.29, 0.717) is 17.0 Å².